The number of pyridine rings is 1. The number of rotatable bonds is 5. The average Bonchev–Trinajstić information content (AvgIpc) is 3.49. The van der Waals surface area contributed by atoms with Gasteiger partial charge < -0.3 is 5.01 Å². The quantitative estimate of drug-likeness (QED) is 0.463. The Kier molecular flexibility index (Phi) is 4.90. The fraction of sp³-hybridized carbons (Fsp3) is 0.348. The van der Waals surface area contributed by atoms with Gasteiger partial charge in [-0.05, 0) is 43.9 Å². The second-order valence-corrected chi connectivity index (χ2v) is 10.2. The molecule has 1 aliphatic heterocycles. The van der Waals surface area contributed by atoms with Crippen molar-refractivity contribution in [2.75, 3.05) is 11.6 Å². The highest BCUT2D eigenvalue weighted by atomic mass is 32.2. The van der Waals surface area contributed by atoms with Crippen molar-refractivity contribution < 1.29 is 8.42 Å². The van der Waals surface area contributed by atoms with Crippen LogP contribution in [0.25, 0.3) is 22.1 Å². The molecule has 32 heavy (non-hydrogen) atoms. The first-order chi connectivity index (χ1) is 15.4. The van der Waals surface area contributed by atoms with Crippen molar-refractivity contribution >= 4 is 32.1 Å². The molecule has 3 aromatic heterocycles. The first-order valence-corrected chi connectivity index (χ1v) is 12.2. The maximum atomic E-state index is 13.3. The molecule has 1 fully saturated rings. The van der Waals surface area contributed by atoms with E-state index in [1.165, 1.54) is 3.97 Å². The highest BCUT2D eigenvalue weighted by Gasteiger charge is 2.32. The summed E-state index contributed by atoms with van der Waals surface area (Å²) in [5, 5.41) is 12.1. The molecule has 0 amide bonds. The fourth-order valence-electron chi connectivity index (χ4n) is 4.67. The zero-order valence-corrected chi connectivity index (χ0v) is 18.8. The summed E-state index contributed by atoms with van der Waals surface area (Å²) in [4.78, 5) is 9.20. The lowest BCUT2D eigenvalue weighted by Crippen LogP contribution is -2.38. The van der Waals surface area contributed by atoms with Gasteiger partial charge in [0.25, 0.3) is 10.0 Å². The molecule has 0 radical (unpaired) electrons. The van der Waals surface area contributed by atoms with E-state index in [0.29, 0.717) is 29.5 Å². The number of aryl methyl sites for hydroxylation is 1. The van der Waals surface area contributed by atoms with Crippen LogP contribution in [0.15, 0.2) is 53.9 Å². The molecule has 5 rings (SSSR count). The number of hydrogen-bond donors (Lipinski definition) is 0. The molecule has 0 aliphatic carbocycles. The van der Waals surface area contributed by atoms with Gasteiger partial charge in [0.15, 0.2) is 5.65 Å². The van der Waals surface area contributed by atoms with Crippen LogP contribution in [0.4, 0.5) is 0 Å². The number of benzene rings is 1. The molecule has 1 saturated heterocycles. The Hall–Kier alpha value is -3.38. The minimum atomic E-state index is -3.78. The molecule has 2 atom stereocenters. The van der Waals surface area contributed by atoms with Crippen LogP contribution in [0, 0.1) is 24.2 Å². The minimum absolute atomic E-state index is 0.223. The third-order valence-corrected chi connectivity index (χ3v) is 8.03. The predicted molar refractivity (Wildman–Crippen MR) is 122 cm³/mol. The van der Waals surface area contributed by atoms with E-state index >= 15 is 0 Å². The minimum Gasteiger partial charge on any atom is -0.308 e. The standard InChI is InChI=1S/C23H24N6O2S/c1-3-18-12-17(8-10-24)14-27(18)28-15-26-21-13-25-23-20(22(21)28)9-11-29(23)32(30,31)19-6-4-16(2)5-7-19/h4-7,9,11,13,15,17-18H,3,8,12,14H2,1-2H3/t17?,18-/m1/s1. The molecule has 8 nitrogen and oxygen atoms in total. The van der Waals surface area contributed by atoms with Gasteiger partial charge in [-0.25, -0.2) is 27.0 Å². The van der Waals surface area contributed by atoms with E-state index in [1.807, 2.05) is 11.6 Å². The van der Waals surface area contributed by atoms with Crippen molar-refractivity contribution in [2.45, 2.75) is 44.0 Å². The number of nitrogens with zero attached hydrogens (tertiary/aromatic N) is 6. The van der Waals surface area contributed by atoms with Crippen LogP contribution in [-0.2, 0) is 10.0 Å². The Balaban J connectivity index is 1.64. The Morgan fingerprint density at radius 2 is 1.97 bits per heavy atom. The van der Waals surface area contributed by atoms with Gasteiger partial charge in [-0.15, -0.1) is 0 Å². The number of aromatic nitrogens is 4. The van der Waals surface area contributed by atoms with Crippen LogP contribution in [-0.4, -0.2) is 39.6 Å². The van der Waals surface area contributed by atoms with E-state index in [1.54, 1.807) is 49.1 Å². The van der Waals surface area contributed by atoms with Gasteiger partial charge in [0, 0.05) is 30.6 Å². The Morgan fingerprint density at radius 3 is 2.69 bits per heavy atom. The second kappa shape index (κ2) is 7.64. The van der Waals surface area contributed by atoms with Gasteiger partial charge in [-0.1, -0.05) is 24.6 Å². The second-order valence-electron chi connectivity index (χ2n) is 8.40. The zero-order valence-electron chi connectivity index (χ0n) is 18.0. The number of nitriles is 1. The first kappa shape index (κ1) is 20.5. The molecule has 0 N–H and O–H groups in total. The van der Waals surface area contributed by atoms with Crippen LogP contribution in [0.2, 0.25) is 0 Å². The number of hydrogen-bond acceptors (Lipinski definition) is 6. The molecule has 1 aromatic carbocycles. The Bertz CT molecular complexity index is 1450. The van der Waals surface area contributed by atoms with Gasteiger partial charge >= 0.3 is 0 Å². The summed E-state index contributed by atoms with van der Waals surface area (Å²) in [5.74, 6) is 0.311. The molecular formula is C23H24N6O2S. The highest BCUT2D eigenvalue weighted by molar-refractivity contribution is 7.90. The monoisotopic (exact) mass is 448 g/mol. The van der Waals surface area contributed by atoms with Crippen molar-refractivity contribution in [2.24, 2.45) is 5.92 Å². The summed E-state index contributed by atoms with van der Waals surface area (Å²) in [6.07, 6.45) is 7.40. The van der Waals surface area contributed by atoms with Crippen LogP contribution in [0.1, 0.15) is 31.7 Å². The molecular weight excluding hydrogens is 424 g/mol. The van der Waals surface area contributed by atoms with Crippen molar-refractivity contribution in [1.29, 1.82) is 5.26 Å². The maximum Gasteiger partial charge on any atom is 0.269 e. The van der Waals surface area contributed by atoms with Gasteiger partial charge in [0.1, 0.15) is 17.4 Å². The van der Waals surface area contributed by atoms with Gasteiger partial charge in [-0.3, -0.25) is 0 Å². The molecule has 4 heterocycles. The molecule has 0 saturated carbocycles. The van der Waals surface area contributed by atoms with Crippen molar-refractivity contribution in [3.63, 3.8) is 0 Å². The summed E-state index contributed by atoms with van der Waals surface area (Å²) < 4.78 is 29.9. The maximum absolute atomic E-state index is 13.3. The smallest absolute Gasteiger partial charge is 0.269 e. The van der Waals surface area contributed by atoms with Crippen molar-refractivity contribution in [3.8, 4) is 6.07 Å². The summed E-state index contributed by atoms with van der Waals surface area (Å²) >= 11 is 0. The fourth-order valence-corrected chi connectivity index (χ4v) is 5.98. The normalized spacial score (nSPS) is 19.1. The van der Waals surface area contributed by atoms with Crippen LogP contribution in [0.3, 0.4) is 0 Å². The van der Waals surface area contributed by atoms with Gasteiger partial charge in [0.2, 0.25) is 0 Å². The third kappa shape index (κ3) is 3.14. The van der Waals surface area contributed by atoms with E-state index in [-0.39, 0.29) is 4.90 Å². The SMILES string of the molecule is CC[C@@H]1CC(CC#N)CN1n1cnc2cnc3c(ccn3S(=O)(=O)c3ccc(C)cc3)c21. The lowest BCUT2D eigenvalue weighted by atomic mass is 10.0. The van der Waals surface area contributed by atoms with Crippen molar-refractivity contribution in [3.05, 3.63) is 54.6 Å². The van der Waals surface area contributed by atoms with Crippen molar-refractivity contribution in [1.82, 2.24) is 18.6 Å². The van der Waals surface area contributed by atoms with Gasteiger partial charge in [-0.2, -0.15) is 5.26 Å². The zero-order chi connectivity index (χ0) is 22.5. The lowest BCUT2D eigenvalue weighted by molar-refractivity contribution is 0.530. The highest BCUT2D eigenvalue weighted by Crippen LogP contribution is 2.31. The summed E-state index contributed by atoms with van der Waals surface area (Å²) in [6, 6.07) is 11.2. The molecule has 0 spiro atoms. The Labute approximate surface area is 186 Å². The van der Waals surface area contributed by atoms with Crippen LogP contribution >= 0.6 is 0 Å². The van der Waals surface area contributed by atoms with E-state index in [0.717, 1.165) is 35.9 Å². The van der Waals surface area contributed by atoms with E-state index in [4.69, 9.17) is 5.26 Å². The largest absolute Gasteiger partial charge is 0.308 e. The molecule has 164 valence electrons. The summed E-state index contributed by atoms with van der Waals surface area (Å²) in [6.45, 7) is 4.83. The van der Waals surface area contributed by atoms with E-state index in [9.17, 15) is 8.42 Å². The Morgan fingerprint density at radius 1 is 1.19 bits per heavy atom. The summed E-state index contributed by atoms with van der Waals surface area (Å²) in [5.41, 5.74) is 2.92. The molecule has 1 aliphatic rings. The summed E-state index contributed by atoms with van der Waals surface area (Å²) in [7, 11) is -3.78. The van der Waals surface area contributed by atoms with Crippen LogP contribution in [0.5, 0.6) is 0 Å². The average molecular weight is 449 g/mol. The number of fused-ring (bicyclic) bond motifs is 3. The van der Waals surface area contributed by atoms with Gasteiger partial charge in [0.05, 0.1) is 17.2 Å². The molecule has 9 heteroatoms. The first-order valence-electron chi connectivity index (χ1n) is 10.7. The molecule has 4 aromatic rings. The molecule has 0 bridgehead atoms. The van der Waals surface area contributed by atoms with Crippen LogP contribution < -0.4 is 5.01 Å². The third-order valence-electron chi connectivity index (χ3n) is 6.35. The topological polar surface area (TPSA) is 96.8 Å². The van der Waals surface area contributed by atoms with E-state index < -0.39 is 10.0 Å². The molecule has 1 unspecified atom stereocenters. The number of imidazole rings is 1. The lowest BCUT2D eigenvalue weighted by Gasteiger charge is -2.27. The van der Waals surface area contributed by atoms with E-state index in [2.05, 4.69) is 28.0 Å². The predicted octanol–water partition coefficient (Wildman–Crippen LogP) is 3.58.